The first kappa shape index (κ1) is 17.4. The van der Waals surface area contributed by atoms with Crippen LogP contribution in [0.3, 0.4) is 0 Å². The maximum absolute atomic E-state index is 12.3. The van der Waals surface area contributed by atoms with Crippen molar-refractivity contribution in [2.45, 2.75) is 13.0 Å². The summed E-state index contributed by atoms with van der Waals surface area (Å²) in [6, 6.07) is 18.7. The standard InChI is InChI=1S/C21H16BrN3O2/c1-14(27-18-7-8-19-15(12-18)4-3-10-23-19)21-20(26)9-11-25(24-21)17-6-2-5-16(22)13-17/h2-14H,1H3/t14-/m0/s1. The van der Waals surface area contributed by atoms with Gasteiger partial charge in [-0.3, -0.25) is 9.78 Å². The predicted molar refractivity (Wildman–Crippen MR) is 108 cm³/mol. The summed E-state index contributed by atoms with van der Waals surface area (Å²) >= 11 is 3.45. The van der Waals surface area contributed by atoms with E-state index in [1.54, 1.807) is 17.1 Å². The van der Waals surface area contributed by atoms with Crippen LogP contribution < -0.4 is 10.2 Å². The zero-order valence-electron chi connectivity index (χ0n) is 14.5. The number of halogens is 1. The van der Waals surface area contributed by atoms with E-state index in [0.29, 0.717) is 11.4 Å². The molecule has 0 saturated carbocycles. The van der Waals surface area contributed by atoms with Crippen LogP contribution in [0.1, 0.15) is 18.7 Å². The Morgan fingerprint density at radius 3 is 2.81 bits per heavy atom. The molecule has 0 unspecified atom stereocenters. The van der Waals surface area contributed by atoms with Gasteiger partial charge in [-0.2, -0.15) is 5.10 Å². The Morgan fingerprint density at radius 1 is 1.07 bits per heavy atom. The van der Waals surface area contributed by atoms with E-state index in [4.69, 9.17) is 4.74 Å². The summed E-state index contributed by atoms with van der Waals surface area (Å²) in [6.45, 7) is 1.82. The molecule has 4 aromatic rings. The van der Waals surface area contributed by atoms with E-state index in [9.17, 15) is 4.79 Å². The molecule has 0 aliphatic heterocycles. The molecule has 27 heavy (non-hydrogen) atoms. The van der Waals surface area contributed by atoms with Gasteiger partial charge in [-0.25, -0.2) is 4.68 Å². The summed E-state index contributed by atoms with van der Waals surface area (Å²) in [5.74, 6) is 0.669. The van der Waals surface area contributed by atoms with E-state index < -0.39 is 6.10 Å². The Labute approximate surface area is 164 Å². The average Bonchev–Trinajstić information content (AvgIpc) is 2.68. The molecule has 0 aliphatic carbocycles. The zero-order chi connectivity index (χ0) is 18.8. The minimum atomic E-state index is -0.494. The number of hydrogen-bond acceptors (Lipinski definition) is 4. The second-order valence-electron chi connectivity index (χ2n) is 6.11. The van der Waals surface area contributed by atoms with E-state index in [-0.39, 0.29) is 5.43 Å². The second-order valence-corrected chi connectivity index (χ2v) is 7.02. The summed E-state index contributed by atoms with van der Waals surface area (Å²) in [5, 5.41) is 5.47. The molecular formula is C21H16BrN3O2. The van der Waals surface area contributed by atoms with E-state index in [1.807, 2.05) is 61.5 Å². The number of rotatable bonds is 4. The molecular weight excluding hydrogens is 406 g/mol. The number of pyridine rings is 1. The van der Waals surface area contributed by atoms with Gasteiger partial charge in [0.1, 0.15) is 17.5 Å². The van der Waals surface area contributed by atoms with Gasteiger partial charge < -0.3 is 4.74 Å². The lowest BCUT2D eigenvalue weighted by Gasteiger charge is -2.15. The van der Waals surface area contributed by atoms with Crippen molar-refractivity contribution in [3.8, 4) is 11.4 Å². The fourth-order valence-electron chi connectivity index (χ4n) is 2.85. The highest BCUT2D eigenvalue weighted by Gasteiger charge is 2.15. The number of benzene rings is 2. The van der Waals surface area contributed by atoms with Crippen molar-refractivity contribution in [2.24, 2.45) is 0 Å². The summed E-state index contributed by atoms with van der Waals surface area (Å²) in [4.78, 5) is 16.6. The summed E-state index contributed by atoms with van der Waals surface area (Å²) < 4.78 is 8.60. The van der Waals surface area contributed by atoms with Gasteiger partial charge in [0, 0.05) is 28.3 Å². The smallest absolute Gasteiger partial charge is 0.207 e. The van der Waals surface area contributed by atoms with Crippen molar-refractivity contribution in [1.82, 2.24) is 14.8 Å². The van der Waals surface area contributed by atoms with Gasteiger partial charge in [0.2, 0.25) is 5.43 Å². The van der Waals surface area contributed by atoms with Crippen LogP contribution in [0.5, 0.6) is 5.75 Å². The van der Waals surface area contributed by atoms with Gasteiger partial charge in [-0.1, -0.05) is 28.1 Å². The zero-order valence-corrected chi connectivity index (χ0v) is 16.1. The Hall–Kier alpha value is -2.99. The van der Waals surface area contributed by atoms with Crippen LogP contribution in [0, 0.1) is 0 Å². The predicted octanol–water partition coefficient (Wildman–Crippen LogP) is 4.68. The summed E-state index contributed by atoms with van der Waals surface area (Å²) in [7, 11) is 0. The third kappa shape index (κ3) is 3.75. The largest absolute Gasteiger partial charge is 0.484 e. The molecule has 0 saturated heterocycles. The highest BCUT2D eigenvalue weighted by Crippen LogP contribution is 2.23. The number of aromatic nitrogens is 3. The number of ether oxygens (including phenoxy) is 1. The van der Waals surface area contributed by atoms with Gasteiger partial charge in [0.05, 0.1) is 11.2 Å². The number of nitrogens with zero attached hydrogens (tertiary/aromatic N) is 3. The first-order valence-corrected chi connectivity index (χ1v) is 9.27. The van der Waals surface area contributed by atoms with Crippen molar-refractivity contribution in [3.05, 3.63) is 93.4 Å². The molecule has 0 amide bonds. The molecule has 134 valence electrons. The van der Waals surface area contributed by atoms with Gasteiger partial charge in [0.25, 0.3) is 0 Å². The molecule has 1 atom stereocenters. The van der Waals surface area contributed by atoms with Crippen LogP contribution in [-0.2, 0) is 0 Å². The van der Waals surface area contributed by atoms with Gasteiger partial charge >= 0.3 is 0 Å². The molecule has 0 bridgehead atoms. The molecule has 2 aromatic heterocycles. The molecule has 2 heterocycles. The maximum Gasteiger partial charge on any atom is 0.207 e. The molecule has 6 heteroatoms. The minimum absolute atomic E-state index is 0.156. The fourth-order valence-corrected chi connectivity index (χ4v) is 3.24. The first-order valence-electron chi connectivity index (χ1n) is 8.47. The van der Waals surface area contributed by atoms with E-state index in [1.165, 1.54) is 6.07 Å². The highest BCUT2D eigenvalue weighted by atomic mass is 79.9. The van der Waals surface area contributed by atoms with Crippen LogP contribution in [0.4, 0.5) is 0 Å². The Bertz CT molecular complexity index is 1170. The maximum atomic E-state index is 12.3. The van der Waals surface area contributed by atoms with Gasteiger partial charge in [0.15, 0.2) is 0 Å². The Morgan fingerprint density at radius 2 is 1.96 bits per heavy atom. The average molecular weight is 422 g/mol. The number of fused-ring (bicyclic) bond motifs is 1. The van der Waals surface area contributed by atoms with Crippen LogP contribution >= 0.6 is 15.9 Å². The van der Waals surface area contributed by atoms with E-state index >= 15 is 0 Å². The van der Waals surface area contributed by atoms with Crippen LogP contribution in [0.2, 0.25) is 0 Å². The molecule has 4 rings (SSSR count). The van der Waals surface area contributed by atoms with Gasteiger partial charge in [-0.15, -0.1) is 0 Å². The minimum Gasteiger partial charge on any atom is -0.484 e. The molecule has 0 spiro atoms. The quantitative estimate of drug-likeness (QED) is 0.479. The van der Waals surface area contributed by atoms with Crippen LogP contribution in [-0.4, -0.2) is 14.8 Å². The fraction of sp³-hybridized carbons (Fsp3) is 0.0952. The molecule has 0 radical (unpaired) electrons. The van der Waals surface area contributed by atoms with Crippen molar-refractivity contribution in [1.29, 1.82) is 0 Å². The van der Waals surface area contributed by atoms with Crippen LogP contribution in [0.15, 0.2) is 82.3 Å². The Balaban J connectivity index is 1.65. The lowest BCUT2D eigenvalue weighted by molar-refractivity contribution is 0.218. The molecule has 2 aromatic carbocycles. The number of hydrogen-bond donors (Lipinski definition) is 0. The van der Waals surface area contributed by atoms with E-state index in [0.717, 1.165) is 21.1 Å². The molecule has 5 nitrogen and oxygen atoms in total. The van der Waals surface area contributed by atoms with Crippen molar-refractivity contribution < 1.29 is 4.74 Å². The van der Waals surface area contributed by atoms with Crippen molar-refractivity contribution >= 4 is 26.8 Å². The van der Waals surface area contributed by atoms with Crippen molar-refractivity contribution in [2.75, 3.05) is 0 Å². The lowest BCUT2D eigenvalue weighted by atomic mass is 10.2. The normalized spacial score (nSPS) is 12.1. The Kier molecular flexibility index (Phi) is 4.73. The monoisotopic (exact) mass is 421 g/mol. The lowest BCUT2D eigenvalue weighted by Crippen LogP contribution is -2.21. The molecule has 0 aliphatic rings. The summed E-state index contributed by atoms with van der Waals surface area (Å²) in [5.41, 5.74) is 1.95. The third-order valence-electron chi connectivity index (χ3n) is 4.18. The first-order chi connectivity index (χ1) is 13.1. The topological polar surface area (TPSA) is 57.0 Å². The second kappa shape index (κ2) is 7.32. The summed E-state index contributed by atoms with van der Waals surface area (Å²) in [6.07, 6.45) is 2.91. The molecule has 0 N–H and O–H groups in total. The molecule has 0 fully saturated rings. The third-order valence-corrected chi connectivity index (χ3v) is 4.67. The highest BCUT2D eigenvalue weighted by molar-refractivity contribution is 9.10. The van der Waals surface area contributed by atoms with E-state index in [2.05, 4.69) is 26.0 Å². The van der Waals surface area contributed by atoms with Gasteiger partial charge in [-0.05, 0) is 49.4 Å². The van der Waals surface area contributed by atoms with Crippen molar-refractivity contribution in [3.63, 3.8) is 0 Å². The van der Waals surface area contributed by atoms with Crippen LogP contribution in [0.25, 0.3) is 16.6 Å². The SMILES string of the molecule is C[C@H](Oc1ccc2ncccc2c1)c1nn(-c2cccc(Br)c2)ccc1=O.